The number of aromatic nitrogens is 1. The maximum absolute atomic E-state index is 2.52. The molecule has 0 amide bonds. The first-order valence-electron chi connectivity index (χ1n) is 23.3. The smallest absolute Gasteiger partial charge is 0.0549 e. The molecule has 1 heterocycles. The Labute approximate surface area is 391 Å². The predicted molar refractivity (Wildman–Crippen MR) is 284 cm³/mol. The second kappa shape index (κ2) is 15.3. The van der Waals surface area contributed by atoms with E-state index in [1.807, 2.05) is 0 Å². The quantitative estimate of drug-likeness (QED) is 0.155. The van der Waals surface area contributed by atoms with Gasteiger partial charge in [-0.05, 0) is 121 Å². The molecule has 316 valence electrons. The van der Waals surface area contributed by atoms with Crippen molar-refractivity contribution in [2.24, 2.45) is 0 Å². The number of hydrogen-bond donors (Lipinski definition) is 0. The van der Waals surface area contributed by atoms with Gasteiger partial charge < -0.3 is 9.47 Å². The molecule has 11 aromatic carbocycles. The number of rotatable bonds is 7. The summed E-state index contributed by atoms with van der Waals surface area (Å²) < 4.78 is 2.52. The van der Waals surface area contributed by atoms with E-state index in [1.54, 1.807) is 0 Å². The summed E-state index contributed by atoms with van der Waals surface area (Å²) in [5, 5.41) is 7.42. The van der Waals surface area contributed by atoms with Gasteiger partial charge in [-0.1, -0.05) is 202 Å². The first kappa shape index (κ1) is 39.0. The average Bonchev–Trinajstić information content (AvgIpc) is 3.85. The van der Waals surface area contributed by atoms with Crippen LogP contribution in [0.4, 0.5) is 17.1 Å². The van der Waals surface area contributed by atoms with Crippen LogP contribution in [0.3, 0.4) is 0 Å². The van der Waals surface area contributed by atoms with E-state index in [0.717, 1.165) is 17.1 Å². The van der Waals surface area contributed by atoms with Crippen molar-refractivity contribution in [1.29, 1.82) is 0 Å². The lowest BCUT2D eigenvalue weighted by Gasteiger charge is -2.28. The number of para-hydroxylation sites is 2. The Morgan fingerprint density at radius 3 is 1.58 bits per heavy atom. The minimum atomic E-state index is -0.202. The number of benzene rings is 11. The summed E-state index contributed by atoms with van der Waals surface area (Å²) >= 11 is 0. The molecule has 0 bridgehead atoms. The molecular formula is C65H46N2. The summed E-state index contributed by atoms with van der Waals surface area (Å²) in [6, 6.07) is 89.4. The summed E-state index contributed by atoms with van der Waals surface area (Å²) in [6.45, 7) is 4.79. The first-order chi connectivity index (χ1) is 33.0. The molecule has 0 saturated heterocycles. The zero-order chi connectivity index (χ0) is 44.6. The van der Waals surface area contributed by atoms with Crippen LogP contribution in [-0.4, -0.2) is 4.57 Å². The van der Waals surface area contributed by atoms with Crippen LogP contribution in [0.15, 0.2) is 243 Å². The Morgan fingerprint density at radius 1 is 0.343 bits per heavy atom. The van der Waals surface area contributed by atoms with Gasteiger partial charge in [-0.25, -0.2) is 0 Å². The lowest BCUT2D eigenvalue weighted by Crippen LogP contribution is -2.15. The molecule has 0 radical (unpaired) electrons. The molecule has 0 aliphatic heterocycles. The molecule has 1 aliphatic rings. The van der Waals surface area contributed by atoms with E-state index in [4.69, 9.17) is 0 Å². The van der Waals surface area contributed by atoms with Crippen LogP contribution >= 0.6 is 0 Å². The molecule has 0 N–H and O–H groups in total. The second-order valence-electron chi connectivity index (χ2n) is 18.5. The van der Waals surface area contributed by atoms with Gasteiger partial charge in [0.25, 0.3) is 0 Å². The minimum absolute atomic E-state index is 0.202. The van der Waals surface area contributed by atoms with Crippen LogP contribution in [0.2, 0.25) is 0 Å². The van der Waals surface area contributed by atoms with Crippen LogP contribution in [0.1, 0.15) is 25.0 Å². The van der Waals surface area contributed by atoms with Gasteiger partial charge in [-0.3, -0.25) is 0 Å². The zero-order valence-electron chi connectivity index (χ0n) is 37.5. The van der Waals surface area contributed by atoms with Crippen LogP contribution in [0.5, 0.6) is 0 Å². The molecule has 1 aliphatic carbocycles. The highest BCUT2D eigenvalue weighted by molar-refractivity contribution is 6.11. The Kier molecular flexibility index (Phi) is 8.91. The van der Waals surface area contributed by atoms with Gasteiger partial charge in [-0.2, -0.15) is 0 Å². The molecule has 12 aromatic rings. The Balaban J connectivity index is 1.02. The third kappa shape index (κ3) is 6.18. The van der Waals surface area contributed by atoms with Crippen molar-refractivity contribution in [3.05, 3.63) is 254 Å². The number of nitrogens with zero attached hydrogens (tertiary/aromatic N) is 2. The van der Waals surface area contributed by atoms with Crippen LogP contribution in [0.25, 0.3) is 93.5 Å². The third-order valence-electron chi connectivity index (χ3n) is 14.4. The average molecular weight is 855 g/mol. The molecule has 0 unspecified atom stereocenters. The Morgan fingerprint density at radius 2 is 0.866 bits per heavy atom. The molecule has 2 heteroatoms. The van der Waals surface area contributed by atoms with Crippen molar-refractivity contribution < 1.29 is 0 Å². The fourth-order valence-corrected chi connectivity index (χ4v) is 11.2. The van der Waals surface area contributed by atoms with E-state index in [9.17, 15) is 0 Å². The molecule has 0 atom stereocenters. The Bertz CT molecular complexity index is 3820. The summed E-state index contributed by atoms with van der Waals surface area (Å²) in [5.41, 5.74) is 19.3. The largest absolute Gasteiger partial charge is 0.310 e. The van der Waals surface area contributed by atoms with Crippen molar-refractivity contribution in [3.8, 4) is 50.2 Å². The summed E-state index contributed by atoms with van der Waals surface area (Å²) in [4.78, 5) is 2.43. The van der Waals surface area contributed by atoms with E-state index in [2.05, 4.69) is 266 Å². The van der Waals surface area contributed by atoms with Gasteiger partial charge in [0.2, 0.25) is 0 Å². The van der Waals surface area contributed by atoms with E-state index >= 15 is 0 Å². The molecule has 0 fully saturated rings. The molecule has 13 rings (SSSR count). The minimum Gasteiger partial charge on any atom is -0.310 e. The predicted octanol–water partition coefficient (Wildman–Crippen LogP) is 17.9. The highest BCUT2D eigenvalue weighted by Gasteiger charge is 2.38. The van der Waals surface area contributed by atoms with Crippen molar-refractivity contribution in [1.82, 2.24) is 4.57 Å². The topological polar surface area (TPSA) is 8.17 Å². The Hall–Kier alpha value is -8.46. The van der Waals surface area contributed by atoms with E-state index < -0.39 is 0 Å². The molecule has 67 heavy (non-hydrogen) atoms. The lowest BCUT2D eigenvalue weighted by atomic mass is 9.81. The summed E-state index contributed by atoms with van der Waals surface area (Å²) in [7, 11) is 0. The zero-order valence-corrected chi connectivity index (χ0v) is 37.5. The lowest BCUT2D eigenvalue weighted by molar-refractivity contribution is 0.660. The van der Waals surface area contributed by atoms with Crippen molar-refractivity contribution in [2.45, 2.75) is 19.3 Å². The van der Waals surface area contributed by atoms with Gasteiger partial charge in [0.1, 0.15) is 0 Å². The number of anilines is 3. The van der Waals surface area contributed by atoms with E-state index in [-0.39, 0.29) is 5.41 Å². The molecule has 2 nitrogen and oxygen atoms in total. The fraction of sp³-hybridized carbons (Fsp3) is 0.0462. The third-order valence-corrected chi connectivity index (χ3v) is 14.4. The normalized spacial score (nSPS) is 12.7. The second-order valence-corrected chi connectivity index (χ2v) is 18.5. The monoisotopic (exact) mass is 854 g/mol. The van der Waals surface area contributed by atoms with Crippen molar-refractivity contribution >= 4 is 60.4 Å². The molecule has 0 spiro atoms. The first-order valence-corrected chi connectivity index (χ1v) is 23.3. The molecule has 1 aromatic heterocycles. The van der Waals surface area contributed by atoms with Gasteiger partial charge >= 0.3 is 0 Å². The van der Waals surface area contributed by atoms with Gasteiger partial charge in [0.05, 0.1) is 22.4 Å². The van der Waals surface area contributed by atoms with Crippen LogP contribution in [0, 0.1) is 0 Å². The standard InChI is InChI=1S/C65H46N2/c1-65(2)58-28-13-10-26-57(58)64-59(65)41-47(42-63(64)67-60-29-14-11-24-55(60)56-25-12-15-30-61(56)67)52-39-40-62(54-23-9-8-22-53(52)54)66(48-35-31-44(32-36-48)43-17-4-3-5-18-43)49-37-33-46(34-38-49)51-27-16-20-45-19-6-7-21-50(45)51/h3-42H,1-2H3. The highest BCUT2D eigenvalue weighted by Crippen LogP contribution is 2.54. The summed E-state index contributed by atoms with van der Waals surface area (Å²) in [5.74, 6) is 0. The highest BCUT2D eigenvalue weighted by atomic mass is 15.1. The van der Waals surface area contributed by atoms with E-state index in [1.165, 1.54) is 105 Å². The maximum Gasteiger partial charge on any atom is 0.0549 e. The van der Waals surface area contributed by atoms with E-state index in [0.29, 0.717) is 0 Å². The SMILES string of the molecule is CC1(C)c2ccccc2-c2c(-n3c4ccccc4c4ccccc43)cc(-c3ccc(N(c4ccc(-c5ccccc5)cc4)c4ccc(-c5cccc6ccccc56)cc4)c4ccccc34)cc21. The van der Waals surface area contributed by atoms with Gasteiger partial charge in [0, 0.05) is 38.5 Å². The van der Waals surface area contributed by atoms with Crippen molar-refractivity contribution in [2.75, 3.05) is 4.90 Å². The summed E-state index contributed by atoms with van der Waals surface area (Å²) in [6.07, 6.45) is 0. The maximum atomic E-state index is 2.52. The number of hydrogen-bond acceptors (Lipinski definition) is 1. The molecule has 0 saturated carbocycles. The van der Waals surface area contributed by atoms with Crippen LogP contribution in [-0.2, 0) is 5.41 Å². The number of fused-ring (bicyclic) bond motifs is 8. The van der Waals surface area contributed by atoms with Gasteiger partial charge in [-0.15, -0.1) is 0 Å². The van der Waals surface area contributed by atoms with Gasteiger partial charge in [0.15, 0.2) is 0 Å². The van der Waals surface area contributed by atoms with Crippen LogP contribution < -0.4 is 4.90 Å². The fourth-order valence-electron chi connectivity index (χ4n) is 11.2. The molecular weight excluding hydrogens is 809 g/mol. The van der Waals surface area contributed by atoms with Crippen molar-refractivity contribution in [3.63, 3.8) is 0 Å².